The van der Waals surface area contributed by atoms with Crippen LogP contribution in [0.3, 0.4) is 0 Å². The summed E-state index contributed by atoms with van der Waals surface area (Å²) >= 11 is 5.97. The van der Waals surface area contributed by atoms with Crippen molar-refractivity contribution >= 4 is 28.4 Å². The molecule has 0 aliphatic carbocycles. The molecule has 1 aromatic heterocycles. The number of benzene rings is 2. The van der Waals surface area contributed by atoms with Gasteiger partial charge in [-0.15, -0.1) is 0 Å². The minimum Gasteiger partial charge on any atom is -0.440 e. The van der Waals surface area contributed by atoms with E-state index in [1.165, 1.54) is 5.56 Å². The lowest BCUT2D eigenvalue weighted by molar-refractivity contribution is 0.512. The predicted molar refractivity (Wildman–Crippen MR) is 75.8 cm³/mol. The van der Waals surface area contributed by atoms with Crippen LogP contribution in [-0.4, -0.2) is 11.5 Å². The maximum absolute atomic E-state index is 5.97. The molecule has 1 N–H and O–H groups in total. The second-order valence-corrected chi connectivity index (χ2v) is 5.12. The molecule has 2 heterocycles. The Hall–Kier alpha value is -2.00. The molecule has 4 heteroatoms. The van der Waals surface area contributed by atoms with Gasteiger partial charge in [-0.2, -0.15) is 0 Å². The summed E-state index contributed by atoms with van der Waals surface area (Å²) < 4.78 is 5.85. The van der Waals surface area contributed by atoms with Gasteiger partial charge in [0.1, 0.15) is 5.52 Å². The number of rotatable bonds is 1. The van der Waals surface area contributed by atoms with E-state index in [9.17, 15) is 0 Å². The molecule has 0 amide bonds. The monoisotopic (exact) mass is 270 g/mol. The first kappa shape index (κ1) is 10.9. The molecule has 1 aliphatic heterocycles. The summed E-state index contributed by atoms with van der Waals surface area (Å²) in [7, 11) is 0. The van der Waals surface area contributed by atoms with Gasteiger partial charge in [0.2, 0.25) is 5.89 Å². The summed E-state index contributed by atoms with van der Waals surface area (Å²) in [5, 5.41) is 4.06. The average Bonchev–Trinajstić information content (AvgIpc) is 3.00. The van der Waals surface area contributed by atoms with Crippen molar-refractivity contribution in [3.63, 3.8) is 0 Å². The Labute approximate surface area is 115 Å². The van der Waals surface area contributed by atoms with Crippen LogP contribution in [0.1, 0.15) is 17.4 Å². The number of aromatic nitrogens is 1. The van der Waals surface area contributed by atoms with Crippen molar-refractivity contribution in [1.82, 2.24) is 4.98 Å². The molecule has 0 radical (unpaired) electrons. The molecule has 0 fully saturated rings. The van der Waals surface area contributed by atoms with Crippen LogP contribution in [0.4, 0.5) is 5.69 Å². The van der Waals surface area contributed by atoms with Gasteiger partial charge in [0, 0.05) is 17.3 Å². The molecule has 94 valence electrons. The van der Waals surface area contributed by atoms with Crippen molar-refractivity contribution in [3.8, 4) is 0 Å². The SMILES string of the molecule is Clc1ccc2oc(C3CNc4ccccc43)nc2c1. The van der Waals surface area contributed by atoms with E-state index in [0.717, 1.165) is 29.2 Å². The normalized spacial score (nSPS) is 17.4. The number of hydrogen-bond donors (Lipinski definition) is 1. The van der Waals surface area contributed by atoms with Crippen LogP contribution < -0.4 is 5.32 Å². The van der Waals surface area contributed by atoms with Crippen molar-refractivity contribution in [1.29, 1.82) is 0 Å². The lowest BCUT2D eigenvalue weighted by Crippen LogP contribution is -2.03. The third-order valence-corrected chi connectivity index (χ3v) is 3.73. The summed E-state index contributed by atoms with van der Waals surface area (Å²) in [6.07, 6.45) is 0. The Morgan fingerprint density at radius 1 is 1.21 bits per heavy atom. The smallest absolute Gasteiger partial charge is 0.204 e. The fraction of sp³-hybridized carbons (Fsp3) is 0.133. The molecular formula is C15H11ClN2O. The van der Waals surface area contributed by atoms with Gasteiger partial charge >= 0.3 is 0 Å². The number of nitrogens with zero attached hydrogens (tertiary/aromatic N) is 1. The number of nitrogens with one attached hydrogen (secondary N) is 1. The molecule has 4 rings (SSSR count). The highest BCUT2D eigenvalue weighted by Gasteiger charge is 2.27. The number of para-hydroxylation sites is 1. The van der Waals surface area contributed by atoms with Crippen LogP contribution in [0, 0.1) is 0 Å². The van der Waals surface area contributed by atoms with Gasteiger partial charge in [-0.3, -0.25) is 0 Å². The standard InChI is InChI=1S/C15H11ClN2O/c16-9-5-6-14-13(7-9)18-15(19-14)11-8-17-12-4-2-1-3-10(11)12/h1-7,11,17H,8H2. The highest BCUT2D eigenvalue weighted by Crippen LogP contribution is 2.36. The van der Waals surface area contributed by atoms with Crippen molar-refractivity contribution < 1.29 is 4.42 Å². The molecule has 1 atom stereocenters. The van der Waals surface area contributed by atoms with Gasteiger partial charge in [-0.25, -0.2) is 4.98 Å². The van der Waals surface area contributed by atoms with E-state index >= 15 is 0 Å². The second kappa shape index (κ2) is 4.00. The highest BCUT2D eigenvalue weighted by atomic mass is 35.5. The lowest BCUT2D eigenvalue weighted by atomic mass is 10.0. The average molecular weight is 271 g/mol. The van der Waals surface area contributed by atoms with E-state index in [1.54, 1.807) is 0 Å². The highest BCUT2D eigenvalue weighted by molar-refractivity contribution is 6.31. The Morgan fingerprint density at radius 3 is 3.05 bits per heavy atom. The van der Waals surface area contributed by atoms with Crippen LogP contribution in [0.2, 0.25) is 5.02 Å². The first-order chi connectivity index (χ1) is 9.31. The number of halogens is 1. The minimum atomic E-state index is 0.169. The van der Waals surface area contributed by atoms with Gasteiger partial charge in [0.15, 0.2) is 5.58 Å². The van der Waals surface area contributed by atoms with Crippen molar-refractivity contribution in [2.45, 2.75) is 5.92 Å². The molecule has 0 bridgehead atoms. The molecule has 19 heavy (non-hydrogen) atoms. The third kappa shape index (κ3) is 1.70. The second-order valence-electron chi connectivity index (χ2n) is 4.68. The Kier molecular flexibility index (Phi) is 2.29. The summed E-state index contributed by atoms with van der Waals surface area (Å²) in [6, 6.07) is 13.8. The lowest BCUT2D eigenvalue weighted by Gasteiger charge is -2.04. The van der Waals surface area contributed by atoms with Crippen LogP contribution >= 0.6 is 11.6 Å². The van der Waals surface area contributed by atoms with Crippen LogP contribution in [0.25, 0.3) is 11.1 Å². The molecule has 1 aliphatic rings. The molecule has 0 saturated carbocycles. The van der Waals surface area contributed by atoms with Crippen molar-refractivity contribution in [3.05, 3.63) is 58.9 Å². The van der Waals surface area contributed by atoms with E-state index in [0.29, 0.717) is 5.02 Å². The van der Waals surface area contributed by atoms with E-state index in [1.807, 2.05) is 30.3 Å². The maximum Gasteiger partial charge on any atom is 0.204 e. The first-order valence-corrected chi connectivity index (χ1v) is 6.58. The largest absolute Gasteiger partial charge is 0.440 e. The summed E-state index contributed by atoms with van der Waals surface area (Å²) in [6.45, 7) is 0.819. The zero-order chi connectivity index (χ0) is 12.8. The number of fused-ring (bicyclic) bond motifs is 2. The Bertz CT molecular complexity index is 766. The number of hydrogen-bond acceptors (Lipinski definition) is 3. The fourth-order valence-electron chi connectivity index (χ4n) is 2.57. The van der Waals surface area contributed by atoms with Gasteiger partial charge in [0.05, 0.1) is 5.92 Å². The van der Waals surface area contributed by atoms with E-state index in [4.69, 9.17) is 16.0 Å². The van der Waals surface area contributed by atoms with E-state index in [-0.39, 0.29) is 5.92 Å². The number of oxazole rings is 1. The summed E-state index contributed by atoms with van der Waals surface area (Å²) in [4.78, 5) is 4.56. The van der Waals surface area contributed by atoms with Crippen LogP contribution in [0.5, 0.6) is 0 Å². The molecule has 3 aromatic rings. The Morgan fingerprint density at radius 2 is 2.11 bits per heavy atom. The Balaban J connectivity index is 1.83. The molecule has 0 spiro atoms. The van der Waals surface area contributed by atoms with Gasteiger partial charge in [-0.05, 0) is 29.8 Å². The summed E-state index contributed by atoms with van der Waals surface area (Å²) in [5.41, 5.74) is 3.99. The molecule has 3 nitrogen and oxygen atoms in total. The maximum atomic E-state index is 5.97. The fourth-order valence-corrected chi connectivity index (χ4v) is 2.74. The third-order valence-electron chi connectivity index (χ3n) is 3.50. The molecule has 2 aromatic carbocycles. The molecule has 1 unspecified atom stereocenters. The summed E-state index contributed by atoms with van der Waals surface area (Å²) in [5.74, 6) is 0.914. The number of anilines is 1. The quantitative estimate of drug-likeness (QED) is 0.725. The van der Waals surface area contributed by atoms with Crippen LogP contribution in [-0.2, 0) is 0 Å². The van der Waals surface area contributed by atoms with E-state index in [2.05, 4.69) is 22.4 Å². The zero-order valence-corrected chi connectivity index (χ0v) is 10.8. The zero-order valence-electron chi connectivity index (χ0n) is 10.1. The van der Waals surface area contributed by atoms with Gasteiger partial charge in [0.25, 0.3) is 0 Å². The van der Waals surface area contributed by atoms with Crippen LogP contribution in [0.15, 0.2) is 46.9 Å². The molecular weight excluding hydrogens is 260 g/mol. The molecule has 0 saturated heterocycles. The van der Waals surface area contributed by atoms with E-state index < -0.39 is 0 Å². The van der Waals surface area contributed by atoms with Gasteiger partial charge < -0.3 is 9.73 Å². The first-order valence-electron chi connectivity index (χ1n) is 6.20. The van der Waals surface area contributed by atoms with Crippen molar-refractivity contribution in [2.24, 2.45) is 0 Å². The topological polar surface area (TPSA) is 38.1 Å². The predicted octanol–water partition coefficient (Wildman–Crippen LogP) is 4.04. The van der Waals surface area contributed by atoms with Gasteiger partial charge in [-0.1, -0.05) is 29.8 Å². The van der Waals surface area contributed by atoms with Crippen molar-refractivity contribution in [2.75, 3.05) is 11.9 Å². The minimum absolute atomic E-state index is 0.169.